The number of amides is 1. The molecule has 0 fully saturated rings. The Morgan fingerprint density at radius 1 is 1.04 bits per heavy atom. The third-order valence-electron chi connectivity index (χ3n) is 3.95. The largest absolute Gasteiger partial charge is 0.455 e. The van der Waals surface area contributed by atoms with Crippen LogP contribution in [0.15, 0.2) is 66.9 Å². The number of pyridine rings is 1. The summed E-state index contributed by atoms with van der Waals surface area (Å²) in [5.74, 6) is 0.946. The first kappa shape index (κ1) is 18.9. The van der Waals surface area contributed by atoms with Gasteiger partial charge >= 0.3 is 0 Å². The summed E-state index contributed by atoms with van der Waals surface area (Å²) in [6.07, 6.45) is 1.65. The predicted molar refractivity (Wildman–Crippen MR) is 109 cm³/mol. The van der Waals surface area contributed by atoms with Gasteiger partial charge in [0.05, 0.1) is 5.69 Å². The minimum Gasteiger partial charge on any atom is -0.455 e. The number of nitrogens with zero attached hydrogens (tertiary/aromatic N) is 1. The van der Waals surface area contributed by atoms with Crippen molar-refractivity contribution in [1.82, 2.24) is 4.98 Å². The number of benzene rings is 2. The monoisotopic (exact) mass is 380 g/mol. The summed E-state index contributed by atoms with van der Waals surface area (Å²) in [4.78, 5) is 17.1. The molecule has 0 unspecified atom stereocenters. The Kier molecular flexibility index (Phi) is 5.47. The lowest BCUT2D eigenvalue weighted by molar-refractivity contribution is 0.102. The maximum Gasteiger partial charge on any atom is 0.255 e. The maximum absolute atomic E-state index is 12.8. The van der Waals surface area contributed by atoms with Gasteiger partial charge in [0.15, 0.2) is 5.75 Å². The van der Waals surface area contributed by atoms with Crippen LogP contribution in [-0.4, -0.2) is 10.9 Å². The van der Waals surface area contributed by atoms with Crippen LogP contribution in [0.25, 0.3) is 0 Å². The van der Waals surface area contributed by atoms with Gasteiger partial charge in [0.1, 0.15) is 5.75 Å². The summed E-state index contributed by atoms with van der Waals surface area (Å²) >= 11 is 6.12. The molecule has 138 valence electrons. The minimum absolute atomic E-state index is 0.145. The molecule has 1 aromatic heterocycles. The van der Waals surface area contributed by atoms with Gasteiger partial charge < -0.3 is 10.1 Å². The molecule has 0 spiro atoms. The van der Waals surface area contributed by atoms with Crippen LogP contribution in [0, 0.1) is 0 Å². The van der Waals surface area contributed by atoms with Crippen LogP contribution in [0.3, 0.4) is 0 Å². The molecule has 3 rings (SSSR count). The van der Waals surface area contributed by atoms with Crippen LogP contribution in [-0.2, 0) is 5.41 Å². The molecule has 27 heavy (non-hydrogen) atoms. The van der Waals surface area contributed by atoms with E-state index < -0.39 is 0 Å². The number of ether oxygens (including phenoxy) is 1. The third kappa shape index (κ3) is 4.86. The number of carbonyl (C=O) groups excluding carboxylic acids is 1. The van der Waals surface area contributed by atoms with E-state index in [4.69, 9.17) is 16.3 Å². The lowest BCUT2D eigenvalue weighted by Gasteiger charge is -2.18. The maximum atomic E-state index is 12.8. The molecule has 2 aromatic carbocycles. The lowest BCUT2D eigenvalue weighted by atomic mass is 9.91. The number of halogens is 1. The zero-order valence-corrected chi connectivity index (χ0v) is 16.2. The Labute approximate surface area is 164 Å². The highest BCUT2D eigenvalue weighted by Crippen LogP contribution is 2.32. The topological polar surface area (TPSA) is 51.2 Å². The summed E-state index contributed by atoms with van der Waals surface area (Å²) in [6, 6.07) is 18.0. The van der Waals surface area contributed by atoms with E-state index in [1.165, 1.54) is 0 Å². The van der Waals surface area contributed by atoms with Gasteiger partial charge in [-0.1, -0.05) is 50.6 Å². The van der Waals surface area contributed by atoms with Crippen LogP contribution in [0.1, 0.15) is 36.8 Å². The molecule has 0 bridgehead atoms. The van der Waals surface area contributed by atoms with Gasteiger partial charge in [0.2, 0.25) is 0 Å². The first-order valence-corrected chi connectivity index (χ1v) is 9.01. The molecule has 0 atom stereocenters. The van der Waals surface area contributed by atoms with Gasteiger partial charge in [0, 0.05) is 27.9 Å². The molecule has 0 aliphatic rings. The average Bonchev–Trinajstić information content (AvgIpc) is 2.64. The van der Waals surface area contributed by atoms with Gasteiger partial charge in [-0.25, -0.2) is 0 Å². The molecule has 3 aromatic rings. The highest BCUT2D eigenvalue weighted by molar-refractivity contribution is 6.31. The Morgan fingerprint density at radius 2 is 1.78 bits per heavy atom. The van der Waals surface area contributed by atoms with Crippen molar-refractivity contribution in [3.05, 3.63) is 83.1 Å². The Hall–Kier alpha value is -2.85. The zero-order chi connectivity index (χ0) is 19.4. The summed E-state index contributed by atoms with van der Waals surface area (Å²) < 4.78 is 5.89. The van der Waals surface area contributed by atoms with Gasteiger partial charge in [-0.3, -0.25) is 9.78 Å². The van der Waals surface area contributed by atoms with Crippen molar-refractivity contribution in [2.45, 2.75) is 26.2 Å². The Morgan fingerprint density at radius 3 is 2.48 bits per heavy atom. The smallest absolute Gasteiger partial charge is 0.255 e. The first-order chi connectivity index (χ1) is 12.8. The van der Waals surface area contributed by atoms with Gasteiger partial charge in [-0.2, -0.15) is 0 Å². The van der Waals surface area contributed by atoms with Crippen molar-refractivity contribution >= 4 is 23.2 Å². The summed E-state index contributed by atoms with van der Waals surface area (Å²) in [5, 5.41) is 3.40. The van der Waals surface area contributed by atoms with Gasteiger partial charge in [0.25, 0.3) is 5.91 Å². The van der Waals surface area contributed by atoms with E-state index in [9.17, 15) is 4.79 Å². The lowest BCUT2D eigenvalue weighted by Crippen LogP contribution is -2.17. The van der Waals surface area contributed by atoms with Crippen molar-refractivity contribution in [2.24, 2.45) is 0 Å². The molecular weight excluding hydrogens is 360 g/mol. The molecule has 5 heteroatoms. The van der Waals surface area contributed by atoms with Crippen LogP contribution >= 0.6 is 11.6 Å². The molecule has 0 saturated heterocycles. The van der Waals surface area contributed by atoms with Crippen LogP contribution in [0.4, 0.5) is 5.69 Å². The SMILES string of the molecule is CC(C)(C)c1cc(C(=O)Nc2cc(Cl)ccc2Oc2ccccc2)ccn1. The van der Waals surface area contributed by atoms with Gasteiger partial charge in [-0.15, -0.1) is 0 Å². The van der Waals surface area contributed by atoms with Crippen LogP contribution in [0.2, 0.25) is 5.02 Å². The Balaban J connectivity index is 1.87. The van der Waals surface area contributed by atoms with Crippen molar-refractivity contribution in [2.75, 3.05) is 5.32 Å². The summed E-state index contributed by atoms with van der Waals surface area (Å²) in [5.41, 5.74) is 1.74. The molecule has 1 heterocycles. The van der Waals surface area contributed by atoms with E-state index in [0.29, 0.717) is 27.8 Å². The fourth-order valence-corrected chi connectivity index (χ4v) is 2.65. The summed E-state index contributed by atoms with van der Waals surface area (Å²) in [6.45, 7) is 6.17. The van der Waals surface area contributed by atoms with Crippen LogP contribution < -0.4 is 10.1 Å². The zero-order valence-electron chi connectivity index (χ0n) is 15.5. The van der Waals surface area contributed by atoms with Crippen molar-refractivity contribution < 1.29 is 9.53 Å². The highest BCUT2D eigenvalue weighted by Gasteiger charge is 2.18. The molecule has 0 aliphatic heterocycles. The standard InChI is InChI=1S/C22H21ClN2O2/c1-22(2,3)20-13-15(11-12-24-20)21(26)25-18-14-16(23)9-10-19(18)27-17-7-5-4-6-8-17/h4-14H,1-3H3,(H,25,26). The number of nitrogens with one attached hydrogen (secondary N) is 1. The summed E-state index contributed by atoms with van der Waals surface area (Å²) in [7, 11) is 0. The molecule has 4 nitrogen and oxygen atoms in total. The molecular formula is C22H21ClN2O2. The van der Waals surface area contributed by atoms with E-state index in [2.05, 4.69) is 31.1 Å². The number of hydrogen-bond donors (Lipinski definition) is 1. The normalized spacial score (nSPS) is 11.1. The van der Waals surface area contributed by atoms with E-state index in [1.54, 1.807) is 36.5 Å². The van der Waals surface area contributed by atoms with Crippen molar-refractivity contribution in [3.8, 4) is 11.5 Å². The number of para-hydroxylation sites is 1. The van der Waals surface area contributed by atoms with Crippen LogP contribution in [0.5, 0.6) is 11.5 Å². The van der Waals surface area contributed by atoms with Crippen molar-refractivity contribution in [1.29, 1.82) is 0 Å². The average molecular weight is 381 g/mol. The quantitative estimate of drug-likeness (QED) is 0.597. The van der Waals surface area contributed by atoms with E-state index in [0.717, 1.165) is 5.69 Å². The fourth-order valence-electron chi connectivity index (χ4n) is 2.48. The fraction of sp³-hybridized carbons (Fsp3) is 0.182. The first-order valence-electron chi connectivity index (χ1n) is 8.63. The van der Waals surface area contributed by atoms with E-state index in [1.807, 2.05) is 30.3 Å². The number of aromatic nitrogens is 1. The number of hydrogen-bond acceptors (Lipinski definition) is 3. The number of carbonyl (C=O) groups is 1. The van der Waals surface area contributed by atoms with Gasteiger partial charge in [-0.05, 0) is 42.5 Å². The Bertz CT molecular complexity index is 950. The second-order valence-corrected chi connectivity index (χ2v) is 7.63. The minimum atomic E-state index is -0.247. The third-order valence-corrected chi connectivity index (χ3v) is 4.19. The molecule has 1 amide bonds. The second-order valence-electron chi connectivity index (χ2n) is 7.19. The molecule has 1 N–H and O–H groups in total. The second kappa shape index (κ2) is 7.80. The van der Waals surface area contributed by atoms with E-state index in [-0.39, 0.29) is 11.3 Å². The molecule has 0 saturated carbocycles. The predicted octanol–water partition coefficient (Wildman–Crippen LogP) is 6.08. The number of rotatable bonds is 4. The highest BCUT2D eigenvalue weighted by atomic mass is 35.5. The van der Waals surface area contributed by atoms with Crippen molar-refractivity contribution in [3.63, 3.8) is 0 Å². The van der Waals surface area contributed by atoms with E-state index >= 15 is 0 Å². The number of anilines is 1. The molecule has 0 aliphatic carbocycles. The molecule has 0 radical (unpaired) electrons.